The van der Waals surface area contributed by atoms with Gasteiger partial charge < -0.3 is 20.7 Å². The highest BCUT2D eigenvalue weighted by molar-refractivity contribution is 4.91. The summed E-state index contributed by atoms with van der Waals surface area (Å²) in [4.78, 5) is 0. The maximum absolute atomic E-state index is 9.32. The van der Waals surface area contributed by atoms with E-state index in [1.807, 2.05) is 0 Å². The molecule has 1 aliphatic rings. The highest BCUT2D eigenvalue weighted by Gasteiger charge is 2.38. The fourth-order valence-corrected chi connectivity index (χ4v) is 1.33. The SMILES string of the molecule is CC1O[C@@H](C)[C@H](O)C(N)[C@H]1O. The van der Waals surface area contributed by atoms with Crippen molar-refractivity contribution in [3.8, 4) is 0 Å². The van der Waals surface area contributed by atoms with Gasteiger partial charge in [0.1, 0.15) is 0 Å². The maximum atomic E-state index is 9.32. The molecule has 1 fully saturated rings. The predicted octanol–water partition coefficient (Wildman–Crippen LogP) is -1.16. The number of ether oxygens (including phenoxy) is 1. The quantitative estimate of drug-likeness (QED) is 0.419. The summed E-state index contributed by atoms with van der Waals surface area (Å²) in [6, 6.07) is -0.589. The van der Waals surface area contributed by atoms with Crippen LogP contribution in [0.5, 0.6) is 0 Å². The van der Waals surface area contributed by atoms with Crippen molar-refractivity contribution < 1.29 is 14.9 Å². The summed E-state index contributed by atoms with van der Waals surface area (Å²) >= 11 is 0. The van der Waals surface area contributed by atoms with Crippen LogP contribution >= 0.6 is 0 Å². The zero-order valence-corrected chi connectivity index (χ0v) is 6.77. The Morgan fingerprint density at radius 1 is 1.09 bits per heavy atom. The van der Waals surface area contributed by atoms with Crippen molar-refractivity contribution in [2.24, 2.45) is 5.73 Å². The van der Waals surface area contributed by atoms with E-state index in [9.17, 15) is 10.2 Å². The van der Waals surface area contributed by atoms with E-state index in [0.717, 1.165) is 0 Å². The van der Waals surface area contributed by atoms with Crippen LogP contribution in [0.25, 0.3) is 0 Å². The second-order valence-electron chi connectivity index (χ2n) is 3.10. The second kappa shape index (κ2) is 3.06. The molecule has 4 heteroatoms. The molecule has 4 N–H and O–H groups in total. The smallest absolute Gasteiger partial charge is 0.0975 e. The van der Waals surface area contributed by atoms with Crippen LogP contribution in [0, 0.1) is 0 Å². The van der Waals surface area contributed by atoms with E-state index in [0.29, 0.717) is 0 Å². The number of hydrogen-bond acceptors (Lipinski definition) is 4. The molecular formula is C7H15NO3. The Morgan fingerprint density at radius 2 is 1.45 bits per heavy atom. The molecule has 5 atom stereocenters. The van der Waals surface area contributed by atoms with E-state index >= 15 is 0 Å². The summed E-state index contributed by atoms with van der Waals surface area (Å²) in [5.74, 6) is 0. The van der Waals surface area contributed by atoms with E-state index < -0.39 is 18.2 Å². The first kappa shape index (κ1) is 8.93. The van der Waals surface area contributed by atoms with Gasteiger partial charge in [-0.05, 0) is 13.8 Å². The fraction of sp³-hybridized carbons (Fsp3) is 1.00. The molecule has 0 aliphatic carbocycles. The molecule has 0 bridgehead atoms. The average Bonchev–Trinajstić information content (AvgIpc) is 1.97. The predicted molar refractivity (Wildman–Crippen MR) is 40.0 cm³/mol. The number of rotatable bonds is 0. The van der Waals surface area contributed by atoms with Gasteiger partial charge in [-0.1, -0.05) is 0 Å². The van der Waals surface area contributed by atoms with Crippen molar-refractivity contribution >= 4 is 0 Å². The standard InChI is InChI=1S/C7H15NO3/c1-3-6(9)5(8)7(10)4(2)11-3/h3-7,9-10H,8H2,1-2H3/t3-,4?,5?,6-,7-/m0/s1. The Morgan fingerprint density at radius 3 is 1.82 bits per heavy atom. The molecule has 0 aromatic carbocycles. The molecule has 66 valence electrons. The van der Waals surface area contributed by atoms with Crippen LogP contribution in [0.15, 0.2) is 0 Å². The number of nitrogens with two attached hydrogens (primary N) is 1. The topological polar surface area (TPSA) is 75.7 Å². The van der Waals surface area contributed by atoms with Crippen molar-refractivity contribution in [3.05, 3.63) is 0 Å². The minimum absolute atomic E-state index is 0.289. The molecule has 1 heterocycles. The van der Waals surface area contributed by atoms with Crippen LogP contribution in [-0.2, 0) is 4.74 Å². The molecule has 0 spiro atoms. The summed E-state index contributed by atoms with van der Waals surface area (Å²) in [6.07, 6.45) is -2.10. The van der Waals surface area contributed by atoms with Gasteiger partial charge in [-0.3, -0.25) is 0 Å². The van der Waals surface area contributed by atoms with E-state index in [4.69, 9.17) is 10.5 Å². The van der Waals surface area contributed by atoms with Crippen molar-refractivity contribution in [3.63, 3.8) is 0 Å². The van der Waals surface area contributed by atoms with Crippen LogP contribution in [-0.4, -0.2) is 40.7 Å². The zero-order valence-electron chi connectivity index (χ0n) is 6.77. The minimum atomic E-state index is -0.763. The van der Waals surface area contributed by atoms with Gasteiger partial charge in [-0.2, -0.15) is 0 Å². The molecule has 0 aromatic heterocycles. The Bertz CT molecular complexity index is 128. The molecule has 1 rings (SSSR count). The van der Waals surface area contributed by atoms with E-state index in [1.165, 1.54) is 0 Å². The summed E-state index contributed by atoms with van der Waals surface area (Å²) in [5.41, 5.74) is 5.52. The molecule has 11 heavy (non-hydrogen) atoms. The highest BCUT2D eigenvalue weighted by atomic mass is 16.5. The van der Waals surface area contributed by atoms with E-state index in [2.05, 4.69) is 0 Å². The fourth-order valence-electron chi connectivity index (χ4n) is 1.33. The molecule has 0 amide bonds. The summed E-state index contributed by atoms with van der Waals surface area (Å²) in [6.45, 7) is 3.49. The Hall–Kier alpha value is -0.160. The first-order valence-electron chi connectivity index (χ1n) is 3.81. The minimum Gasteiger partial charge on any atom is -0.389 e. The molecule has 1 saturated heterocycles. The van der Waals surface area contributed by atoms with Crippen molar-refractivity contribution in [1.29, 1.82) is 0 Å². The maximum Gasteiger partial charge on any atom is 0.0975 e. The Balaban J connectivity index is 2.63. The van der Waals surface area contributed by atoms with Crippen LogP contribution in [0.3, 0.4) is 0 Å². The van der Waals surface area contributed by atoms with Crippen LogP contribution in [0.2, 0.25) is 0 Å². The molecule has 0 radical (unpaired) electrons. The van der Waals surface area contributed by atoms with E-state index in [-0.39, 0.29) is 12.2 Å². The summed E-state index contributed by atoms with van der Waals surface area (Å²) < 4.78 is 5.20. The van der Waals surface area contributed by atoms with Gasteiger partial charge in [-0.15, -0.1) is 0 Å². The molecular weight excluding hydrogens is 146 g/mol. The lowest BCUT2D eigenvalue weighted by Crippen LogP contribution is -2.59. The number of aliphatic hydroxyl groups excluding tert-OH is 2. The Labute approximate surface area is 66.0 Å². The number of hydrogen-bond donors (Lipinski definition) is 3. The molecule has 1 aliphatic heterocycles. The van der Waals surface area contributed by atoms with Gasteiger partial charge in [0.15, 0.2) is 0 Å². The number of aliphatic hydroxyl groups is 2. The monoisotopic (exact) mass is 161 g/mol. The average molecular weight is 161 g/mol. The second-order valence-corrected chi connectivity index (χ2v) is 3.10. The molecule has 0 aromatic rings. The Kier molecular flexibility index (Phi) is 2.49. The van der Waals surface area contributed by atoms with Crippen LogP contribution < -0.4 is 5.73 Å². The molecule has 2 unspecified atom stereocenters. The molecule has 4 nitrogen and oxygen atoms in total. The first-order valence-corrected chi connectivity index (χ1v) is 3.81. The first-order chi connectivity index (χ1) is 5.04. The van der Waals surface area contributed by atoms with Crippen LogP contribution in [0.4, 0.5) is 0 Å². The normalized spacial score (nSPS) is 52.6. The zero-order chi connectivity index (χ0) is 8.59. The van der Waals surface area contributed by atoms with Gasteiger partial charge in [0, 0.05) is 0 Å². The van der Waals surface area contributed by atoms with E-state index in [1.54, 1.807) is 13.8 Å². The lowest BCUT2D eigenvalue weighted by Gasteiger charge is -2.38. The van der Waals surface area contributed by atoms with Crippen molar-refractivity contribution in [2.45, 2.75) is 44.3 Å². The third-order valence-corrected chi connectivity index (χ3v) is 2.18. The lowest BCUT2D eigenvalue weighted by molar-refractivity contribution is -0.165. The lowest BCUT2D eigenvalue weighted by atomic mass is 9.95. The van der Waals surface area contributed by atoms with Crippen molar-refractivity contribution in [1.82, 2.24) is 0 Å². The third-order valence-electron chi connectivity index (χ3n) is 2.18. The highest BCUT2D eigenvalue weighted by Crippen LogP contribution is 2.18. The third kappa shape index (κ3) is 1.54. The van der Waals surface area contributed by atoms with Gasteiger partial charge in [0.05, 0.1) is 30.5 Å². The van der Waals surface area contributed by atoms with Gasteiger partial charge in [0.25, 0.3) is 0 Å². The molecule has 0 saturated carbocycles. The largest absolute Gasteiger partial charge is 0.389 e. The summed E-state index contributed by atoms with van der Waals surface area (Å²) in [7, 11) is 0. The summed E-state index contributed by atoms with van der Waals surface area (Å²) in [5, 5.41) is 18.6. The van der Waals surface area contributed by atoms with Gasteiger partial charge in [-0.25, -0.2) is 0 Å². The van der Waals surface area contributed by atoms with Gasteiger partial charge >= 0.3 is 0 Å². The van der Waals surface area contributed by atoms with Gasteiger partial charge in [0.2, 0.25) is 0 Å². The van der Waals surface area contributed by atoms with Crippen molar-refractivity contribution in [2.75, 3.05) is 0 Å². The van der Waals surface area contributed by atoms with Crippen LogP contribution in [0.1, 0.15) is 13.8 Å².